The molecule has 0 fully saturated rings. The van der Waals surface area contributed by atoms with Crippen molar-refractivity contribution in [2.45, 2.75) is 40.2 Å². The second kappa shape index (κ2) is 8.39. The van der Waals surface area contributed by atoms with Crippen LogP contribution in [0.2, 0.25) is 0 Å². The lowest BCUT2D eigenvalue weighted by molar-refractivity contribution is -0.138. The molecule has 28 heavy (non-hydrogen) atoms. The lowest BCUT2D eigenvalue weighted by Crippen LogP contribution is -2.29. The summed E-state index contributed by atoms with van der Waals surface area (Å²) in [5, 5.41) is 7.41. The Labute approximate surface area is 164 Å². The monoisotopic (exact) mass is 383 g/mol. The van der Waals surface area contributed by atoms with Crippen molar-refractivity contribution in [3.8, 4) is 0 Å². The standard InChI is InChI=1S/C21H25N3O4/c1-6-27-21(25)18-14(4)22-13(3)17(20-23-16(11-26-5)28-24-20)19(18)15-9-7-8-12(2)10-15/h7-10,19,22H,6,11H2,1-5H3. The van der Waals surface area contributed by atoms with Crippen LogP contribution in [0.15, 0.2) is 45.8 Å². The molecule has 0 bridgehead atoms. The first-order chi connectivity index (χ1) is 13.5. The van der Waals surface area contributed by atoms with Crippen LogP contribution in [0.5, 0.6) is 0 Å². The third kappa shape index (κ3) is 3.84. The maximum atomic E-state index is 12.8. The zero-order chi connectivity index (χ0) is 20.3. The maximum Gasteiger partial charge on any atom is 0.336 e. The van der Waals surface area contributed by atoms with Crippen molar-refractivity contribution in [1.82, 2.24) is 15.5 Å². The molecule has 1 aliphatic heterocycles. The third-order valence-corrected chi connectivity index (χ3v) is 4.61. The van der Waals surface area contributed by atoms with Gasteiger partial charge in [-0.25, -0.2) is 4.79 Å². The second-order valence-corrected chi connectivity index (χ2v) is 6.71. The summed E-state index contributed by atoms with van der Waals surface area (Å²) < 4.78 is 15.7. The molecule has 0 amide bonds. The molecule has 2 aromatic rings. The van der Waals surface area contributed by atoms with Gasteiger partial charge >= 0.3 is 5.97 Å². The number of carbonyl (C=O) groups is 1. The molecule has 148 valence electrons. The summed E-state index contributed by atoms with van der Waals surface area (Å²) >= 11 is 0. The minimum absolute atomic E-state index is 0.224. The van der Waals surface area contributed by atoms with Crippen LogP contribution in [0.4, 0.5) is 0 Å². The van der Waals surface area contributed by atoms with E-state index < -0.39 is 0 Å². The molecule has 1 unspecified atom stereocenters. The van der Waals surface area contributed by atoms with Crippen LogP contribution in [0.3, 0.4) is 0 Å². The molecule has 0 radical (unpaired) electrons. The Balaban J connectivity index is 2.17. The van der Waals surface area contributed by atoms with Crippen molar-refractivity contribution >= 4 is 11.5 Å². The Kier molecular flexibility index (Phi) is 5.94. The third-order valence-electron chi connectivity index (χ3n) is 4.61. The van der Waals surface area contributed by atoms with Crippen LogP contribution >= 0.6 is 0 Å². The summed E-state index contributed by atoms with van der Waals surface area (Å²) in [7, 11) is 1.57. The fourth-order valence-corrected chi connectivity index (χ4v) is 3.50. The number of esters is 1. The fraction of sp³-hybridized carbons (Fsp3) is 0.381. The van der Waals surface area contributed by atoms with E-state index in [1.165, 1.54) is 0 Å². The van der Waals surface area contributed by atoms with Crippen molar-refractivity contribution < 1.29 is 18.8 Å². The number of nitrogens with one attached hydrogen (secondary N) is 1. The van der Waals surface area contributed by atoms with Crippen LogP contribution in [0, 0.1) is 6.92 Å². The van der Waals surface area contributed by atoms with Gasteiger partial charge in [-0.1, -0.05) is 35.0 Å². The van der Waals surface area contributed by atoms with Crippen LogP contribution in [-0.4, -0.2) is 29.8 Å². The summed E-state index contributed by atoms with van der Waals surface area (Å²) in [5.41, 5.74) is 5.02. The first-order valence-electron chi connectivity index (χ1n) is 9.20. The molecular formula is C21H25N3O4. The summed E-state index contributed by atoms with van der Waals surface area (Å²) in [6.45, 7) is 8.16. The van der Waals surface area contributed by atoms with E-state index in [1.54, 1.807) is 14.0 Å². The summed E-state index contributed by atoms with van der Waals surface area (Å²) in [6.07, 6.45) is 0. The predicted molar refractivity (Wildman–Crippen MR) is 104 cm³/mol. The van der Waals surface area contributed by atoms with Gasteiger partial charge in [0.1, 0.15) is 6.61 Å². The number of ether oxygens (including phenoxy) is 2. The van der Waals surface area contributed by atoms with E-state index in [-0.39, 0.29) is 18.5 Å². The van der Waals surface area contributed by atoms with Gasteiger partial charge < -0.3 is 19.3 Å². The van der Waals surface area contributed by atoms with Crippen molar-refractivity contribution in [3.05, 3.63) is 64.1 Å². The van der Waals surface area contributed by atoms with Gasteiger partial charge in [0.25, 0.3) is 5.89 Å². The highest BCUT2D eigenvalue weighted by atomic mass is 16.5. The number of dihydropyridines is 1. The van der Waals surface area contributed by atoms with Crippen molar-refractivity contribution in [2.24, 2.45) is 0 Å². The molecule has 2 heterocycles. The van der Waals surface area contributed by atoms with Crippen LogP contribution < -0.4 is 5.32 Å². The van der Waals surface area contributed by atoms with Gasteiger partial charge in [-0.3, -0.25) is 0 Å². The molecule has 0 spiro atoms. The van der Waals surface area contributed by atoms with Gasteiger partial charge in [-0.2, -0.15) is 4.98 Å². The lowest BCUT2D eigenvalue weighted by Gasteiger charge is -2.30. The van der Waals surface area contributed by atoms with Crippen molar-refractivity contribution in [1.29, 1.82) is 0 Å². The highest BCUT2D eigenvalue weighted by molar-refractivity contribution is 5.97. The number of allylic oxidation sites excluding steroid dienone is 3. The molecule has 7 nitrogen and oxygen atoms in total. The minimum atomic E-state index is -0.367. The number of aromatic nitrogens is 2. The molecule has 0 saturated carbocycles. The normalized spacial score (nSPS) is 17.0. The van der Waals surface area contributed by atoms with E-state index in [1.807, 2.05) is 39.0 Å². The Morgan fingerprint density at radius 1 is 1.25 bits per heavy atom. The topological polar surface area (TPSA) is 86.5 Å². The predicted octanol–water partition coefficient (Wildman–Crippen LogP) is 3.48. The molecule has 0 aliphatic carbocycles. The Bertz CT molecular complexity index is 943. The number of carbonyl (C=O) groups excluding carboxylic acids is 1. The number of methoxy groups -OCH3 is 1. The van der Waals surface area contributed by atoms with Crippen molar-refractivity contribution in [3.63, 3.8) is 0 Å². The summed E-state index contributed by atoms with van der Waals surface area (Å²) in [4.78, 5) is 17.3. The Hall–Kier alpha value is -2.93. The highest BCUT2D eigenvalue weighted by Gasteiger charge is 2.36. The van der Waals surface area contributed by atoms with Crippen molar-refractivity contribution in [2.75, 3.05) is 13.7 Å². The number of rotatable bonds is 6. The molecular weight excluding hydrogens is 358 g/mol. The van der Waals surface area contributed by atoms with Gasteiger partial charge in [-0.15, -0.1) is 0 Å². The molecule has 1 aromatic heterocycles. The summed E-state index contributed by atoms with van der Waals surface area (Å²) in [5.74, 6) is 0.0837. The summed E-state index contributed by atoms with van der Waals surface area (Å²) in [6, 6.07) is 8.06. The zero-order valence-corrected chi connectivity index (χ0v) is 16.8. The molecule has 3 rings (SSSR count). The van der Waals surface area contributed by atoms with E-state index in [2.05, 4.69) is 21.5 Å². The number of hydrogen-bond donors (Lipinski definition) is 1. The Morgan fingerprint density at radius 3 is 2.71 bits per heavy atom. The molecule has 7 heteroatoms. The molecule has 0 saturated heterocycles. The van der Waals surface area contributed by atoms with E-state index in [9.17, 15) is 4.79 Å². The number of aryl methyl sites for hydroxylation is 1. The van der Waals surface area contributed by atoms with E-state index >= 15 is 0 Å². The van der Waals surface area contributed by atoms with E-state index in [0.29, 0.717) is 23.9 Å². The van der Waals surface area contributed by atoms with E-state index in [4.69, 9.17) is 14.0 Å². The van der Waals surface area contributed by atoms with Gasteiger partial charge in [0, 0.05) is 30.0 Å². The van der Waals surface area contributed by atoms with Crippen LogP contribution in [0.1, 0.15) is 49.5 Å². The fourth-order valence-electron chi connectivity index (χ4n) is 3.50. The first-order valence-corrected chi connectivity index (χ1v) is 9.20. The molecule has 1 atom stereocenters. The second-order valence-electron chi connectivity index (χ2n) is 6.71. The zero-order valence-electron chi connectivity index (χ0n) is 16.8. The van der Waals surface area contributed by atoms with E-state index in [0.717, 1.165) is 28.1 Å². The van der Waals surface area contributed by atoms with Gasteiger partial charge in [0.15, 0.2) is 0 Å². The van der Waals surface area contributed by atoms with Crippen LogP contribution in [-0.2, 0) is 20.9 Å². The quantitative estimate of drug-likeness (QED) is 0.764. The largest absolute Gasteiger partial charge is 0.463 e. The number of benzene rings is 1. The van der Waals surface area contributed by atoms with Gasteiger partial charge in [-0.05, 0) is 33.3 Å². The molecule has 1 aromatic carbocycles. The smallest absolute Gasteiger partial charge is 0.336 e. The molecule has 1 aliphatic rings. The van der Waals surface area contributed by atoms with Gasteiger partial charge in [0.2, 0.25) is 5.82 Å². The molecule has 1 N–H and O–H groups in total. The average Bonchev–Trinajstić information content (AvgIpc) is 3.09. The first kappa shape index (κ1) is 19.8. The lowest BCUT2D eigenvalue weighted by atomic mass is 9.79. The number of hydrogen-bond acceptors (Lipinski definition) is 7. The van der Waals surface area contributed by atoms with Crippen LogP contribution in [0.25, 0.3) is 5.57 Å². The average molecular weight is 383 g/mol. The number of nitrogens with zero attached hydrogens (tertiary/aromatic N) is 2. The maximum absolute atomic E-state index is 12.8. The van der Waals surface area contributed by atoms with Gasteiger partial charge in [0.05, 0.1) is 12.2 Å². The SMILES string of the molecule is CCOC(=O)C1=C(C)NC(C)=C(c2noc(COC)n2)C1c1cccc(C)c1. The minimum Gasteiger partial charge on any atom is -0.463 e. The Morgan fingerprint density at radius 2 is 2.04 bits per heavy atom. The highest BCUT2D eigenvalue weighted by Crippen LogP contribution is 2.43.